The normalized spacial score (nSPS) is 27.8. The number of nitrogens with zero attached hydrogens (tertiary/aromatic N) is 1. The fourth-order valence-electron chi connectivity index (χ4n) is 4.22. The Kier molecular flexibility index (Phi) is 4.57. The van der Waals surface area contributed by atoms with E-state index in [1.165, 1.54) is 19.1 Å². The van der Waals surface area contributed by atoms with E-state index >= 15 is 0 Å². The zero-order valence-electron chi connectivity index (χ0n) is 17.5. The standard InChI is InChI=1S/C20H30BNO5S/c1-12(13-7-8-13)22-11-14-9-15(21-26-19(2,3)20(4,5)27-21)10-16(28(6,24)25)17(14)18(22)23/h9-10,12-13,18,23H,7-8,11H2,1-6H3/t12-,18?/m0/s1. The van der Waals surface area contributed by atoms with Gasteiger partial charge in [-0.1, -0.05) is 6.07 Å². The number of rotatable bonds is 4. The highest BCUT2D eigenvalue weighted by atomic mass is 32.2. The van der Waals surface area contributed by atoms with Crippen LogP contribution in [0.5, 0.6) is 0 Å². The second-order valence-corrected chi connectivity index (χ2v) is 11.6. The third-order valence-corrected chi connectivity index (χ3v) is 8.06. The lowest BCUT2D eigenvalue weighted by molar-refractivity contribution is -0.0193. The van der Waals surface area contributed by atoms with Crippen molar-refractivity contribution < 1.29 is 22.8 Å². The van der Waals surface area contributed by atoms with E-state index in [4.69, 9.17) is 9.31 Å². The van der Waals surface area contributed by atoms with Gasteiger partial charge in [0, 0.05) is 24.4 Å². The topological polar surface area (TPSA) is 76.1 Å². The van der Waals surface area contributed by atoms with Gasteiger partial charge in [-0.15, -0.1) is 0 Å². The van der Waals surface area contributed by atoms with Crippen LogP contribution >= 0.6 is 0 Å². The van der Waals surface area contributed by atoms with E-state index in [1.807, 2.05) is 38.7 Å². The Labute approximate surface area is 168 Å². The molecule has 1 N–H and O–H groups in total. The SMILES string of the molecule is C[C@@H](C1CC1)N1Cc2cc(B3OC(C)(C)C(C)(C)O3)cc(S(C)(=O)=O)c2C1O. The third kappa shape index (κ3) is 3.23. The Bertz CT molecular complexity index is 893. The largest absolute Gasteiger partial charge is 0.494 e. The molecule has 28 heavy (non-hydrogen) atoms. The highest BCUT2D eigenvalue weighted by molar-refractivity contribution is 7.90. The second kappa shape index (κ2) is 6.28. The van der Waals surface area contributed by atoms with Gasteiger partial charge in [0.05, 0.1) is 16.1 Å². The zero-order valence-corrected chi connectivity index (χ0v) is 18.3. The van der Waals surface area contributed by atoms with Crippen LogP contribution in [-0.2, 0) is 25.7 Å². The van der Waals surface area contributed by atoms with Crippen molar-refractivity contribution in [2.75, 3.05) is 6.26 Å². The van der Waals surface area contributed by atoms with Crippen molar-refractivity contribution in [1.29, 1.82) is 0 Å². The van der Waals surface area contributed by atoms with Crippen molar-refractivity contribution in [2.45, 2.75) is 82.4 Å². The highest BCUT2D eigenvalue weighted by Crippen LogP contribution is 2.44. The minimum atomic E-state index is -3.52. The van der Waals surface area contributed by atoms with Crippen LogP contribution in [0.25, 0.3) is 0 Å². The van der Waals surface area contributed by atoms with Gasteiger partial charge in [0.1, 0.15) is 6.23 Å². The van der Waals surface area contributed by atoms with Gasteiger partial charge < -0.3 is 14.4 Å². The molecule has 1 aromatic carbocycles. The summed E-state index contributed by atoms with van der Waals surface area (Å²) >= 11 is 0. The summed E-state index contributed by atoms with van der Waals surface area (Å²) in [5.74, 6) is 0.577. The second-order valence-electron chi connectivity index (χ2n) is 9.58. The molecule has 2 heterocycles. The van der Waals surface area contributed by atoms with Gasteiger partial charge in [-0.2, -0.15) is 0 Å². The molecule has 0 spiro atoms. The highest BCUT2D eigenvalue weighted by Gasteiger charge is 2.52. The number of aliphatic hydroxyl groups is 1. The molecule has 0 aromatic heterocycles. The zero-order chi connectivity index (χ0) is 20.6. The molecule has 2 fully saturated rings. The number of sulfone groups is 1. The summed E-state index contributed by atoms with van der Waals surface area (Å²) in [5, 5.41) is 11.0. The minimum Gasteiger partial charge on any atom is -0.399 e. The average Bonchev–Trinajstić information content (AvgIpc) is 3.31. The van der Waals surface area contributed by atoms with E-state index in [2.05, 4.69) is 6.92 Å². The van der Waals surface area contributed by atoms with Gasteiger partial charge >= 0.3 is 7.12 Å². The van der Waals surface area contributed by atoms with E-state index in [1.54, 1.807) is 6.07 Å². The molecule has 1 aromatic rings. The lowest BCUT2D eigenvalue weighted by atomic mass is 9.78. The Balaban J connectivity index is 1.76. The predicted octanol–water partition coefficient (Wildman–Crippen LogP) is 1.99. The molecule has 2 aliphatic heterocycles. The van der Waals surface area contributed by atoms with Crippen LogP contribution in [0.4, 0.5) is 0 Å². The molecule has 6 nitrogen and oxygen atoms in total. The smallest absolute Gasteiger partial charge is 0.399 e. The fraction of sp³-hybridized carbons (Fsp3) is 0.700. The maximum Gasteiger partial charge on any atom is 0.494 e. The Morgan fingerprint density at radius 2 is 1.75 bits per heavy atom. The molecule has 0 amide bonds. The Morgan fingerprint density at radius 1 is 1.18 bits per heavy atom. The lowest BCUT2D eigenvalue weighted by Crippen LogP contribution is -2.41. The van der Waals surface area contributed by atoms with Crippen molar-refractivity contribution >= 4 is 22.4 Å². The molecule has 0 bridgehead atoms. The molecular weight excluding hydrogens is 377 g/mol. The van der Waals surface area contributed by atoms with E-state index in [9.17, 15) is 13.5 Å². The Morgan fingerprint density at radius 3 is 2.25 bits per heavy atom. The molecule has 8 heteroatoms. The third-order valence-electron chi connectivity index (χ3n) is 6.93. The van der Waals surface area contributed by atoms with Crippen molar-refractivity contribution in [1.82, 2.24) is 4.90 Å². The molecule has 3 aliphatic rings. The maximum atomic E-state index is 12.6. The van der Waals surface area contributed by atoms with Crippen molar-refractivity contribution in [3.8, 4) is 0 Å². The van der Waals surface area contributed by atoms with Gasteiger partial charge in [-0.05, 0) is 70.5 Å². The van der Waals surface area contributed by atoms with Crippen molar-refractivity contribution in [2.24, 2.45) is 5.92 Å². The molecule has 4 rings (SSSR count). The molecular formula is C20H30BNO5S. The average molecular weight is 407 g/mol. The fourth-order valence-corrected chi connectivity index (χ4v) is 5.21. The first-order valence-corrected chi connectivity index (χ1v) is 11.9. The quantitative estimate of drug-likeness (QED) is 0.770. The summed E-state index contributed by atoms with van der Waals surface area (Å²) in [5.41, 5.74) is 1.02. The summed E-state index contributed by atoms with van der Waals surface area (Å²) in [4.78, 5) is 2.18. The molecule has 1 saturated carbocycles. The van der Waals surface area contributed by atoms with Gasteiger partial charge in [-0.25, -0.2) is 8.42 Å². The van der Waals surface area contributed by atoms with Crippen LogP contribution in [0.2, 0.25) is 0 Å². The van der Waals surface area contributed by atoms with Gasteiger partial charge in [0.25, 0.3) is 0 Å². The minimum absolute atomic E-state index is 0.174. The summed E-state index contributed by atoms with van der Waals surface area (Å²) in [7, 11) is -4.16. The van der Waals surface area contributed by atoms with E-state index in [-0.39, 0.29) is 10.9 Å². The van der Waals surface area contributed by atoms with Gasteiger partial charge in [0.15, 0.2) is 9.84 Å². The first kappa shape index (κ1) is 20.4. The number of aliphatic hydroxyl groups excluding tert-OH is 1. The van der Waals surface area contributed by atoms with Gasteiger partial charge in [0.2, 0.25) is 0 Å². The van der Waals surface area contributed by atoms with E-state index in [0.717, 1.165) is 5.56 Å². The molecule has 1 unspecified atom stereocenters. The monoisotopic (exact) mass is 407 g/mol. The number of hydrogen-bond acceptors (Lipinski definition) is 6. The molecule has 154 valence electrons. The van der Waals surface area contributed by atoms with Crippen LogP contribution in [0.1, 0.15) is 64.8 Å². The molecule has 2 atom stereocenters. The maximum absolute atomic E-state index is 12.6. The first-order valence-electron chi connectivity index (χ1n) is 9.98. The van der Waals surface area contributed by atoms with Crippen LogP contribution < -0.4 is 5.46 Å². The van der Waals surface area contributed by atoms with Crippen LogP contribution in [-0.4, -0.2) is 49.0 Å². The summed E-state index contributed by atoms with van der Waals surface area (Å²) in [6.45, 7) is 10.5. The van der Waals surface area contributed by atoms with Crippen molar-refractivity contribution in [3.05, 3.63) is 23.3 Å². The van der Waals surface area contributed by atoms with E-state index < -0.39 is 34.4 Å². The summed E-state index contributed by atoms with van der Waals surface area (Å²) in [6.07, 6.45) is 2.62. The predicted molar refractivity (Wildman–Crippen MR) is 108 cm³/mol. The van der Waals surface area contributed by atoms with Crippen LogP contribution in [0.15, 0.2) is 17.0 Å². The van der Waals surface area contributed by atoms with Gasteiger partial charge in [-0.3, -0.25) is 4.90 Å². The van der Waals surface area contributed by atoms with Crippen LogP contribution in [0, 0.1) is 5.92 Å². The van der Waals surface area contributed by atoms with E-state index in [0.29, 0.717) is 23.5 Å². The summed E-state index contributed by atoms with van der Waals surface area (Å²) in [6, 6.07) is 3.77. The lowest BCUT2D eigenvalue weighted by Gasteiger charge is -2.32. The Hall–Kier alpha value is -0.925. The molecule has 1 saturated heterocycles. The van der Waals surface area contributed by atoms with Crippen LogP contribution in [0.3, 0.4) is 0 Å². The number of hydrogen-bond donors (Lipinski definition) is 1. The molecule has 1 aliphatic carbocycles. The number of benzene rings is 1. The molecule has 0 radical (unpaired) electrons. The first-order chi connectivity index (χ1) is 12.8. The number of fused-ring (bicyclic) bond motifs is 1. The summed E-state index contributed by atoms with van der Waals surface area (Å²) < 4.78 is 37.4. The van der Waals surface area contributed by atoms with Crippen molar-refractivity contribution in [3.63, 3.8) is 0 Å².